The number of ether oxygens (including phenoxy) is 5. The fourth-order valence-electron chi connectivity index (χ4n) is 8.88. The van der Waals surface area contributed by atoms with Gasteiger partial charge in [0.1, 0.15) is 23.7 Å². The molecule has 0 radical (unpaired) electrons. The molecular formula is C48H54ClN9O11. The standard InChI is InChI=1S/C48H54ClN9O11/c1-65-48(64)40-25-35-33-5-2-3-7-38(33)52-43(35)44(58(40)42(60)26-49)30-9-11-31(12-10-30)45(61)51-27-32-28-56(55-54-32)16-18-67-20-22-69-24-23-68-21-19-66-17-15-50-37-8-4-6-34-36(37)29-57(47(34)63)39-13-14-41(59)53-46(39)62/h2-12,28,39-40,44,50,52H,13-27,29H2,1H3,(H,51,61)(H,53,59,62)/t39?,40-,44+/m1/s1. The summed E-state index contributed by atoms with van der Waals surface area (Å²) in [5, 5.41) is 17.8. The van der Waals surface area contributed by atoms with Gasteiger partial charge in [-0.25, -0.2) is 9.48 Å². The molecule has 4 N–H and O–H groups in total. The van der Waals surface area contributed by atoms with Crippen LogP contribution in [-0.2, 0) is 68.9 Å². The Labute approximate surface area is 402 Å². The number of hydrogen-bond acceptors (Lipinski definition) is 14. The summed E-state index contributed by atoms with van der Waals surface area (Å²) in [4.78, 5) is 83.0. The summed E-state index contributed by atoms with van der Waals surface area (Å²) in [6.45, 7) is 4.61. The van der Waals surface area contributed by atoms with E-state index in [2.05, 4.69) is 31.2 Å². The Morgan fingerprint density at radius 2 is 1.58 bits per heavy atom. The average molecular weight is 968 g/mol. The molecule has 8 rings (SSSR count). The van der Waals surface area contributed by atoms with Gasteiger partial charge in [-0.05, 0) is 47.9 Å². The number of esters is 1. The number of amides is 5. The van der Waals surface area contributed by atoms with Crippen LogP contribution < -0.4 is 16.0 Å². The Bertz CT molecular complexity index is 2660. The number of H-pyrrole nitrogens is 1. The van der Waals surface area contributed by atoms with Crippen LogP contribution in [0.4, 0.5) is 5.69 Å². The maximum absolute atomic E-state index is 13.3. The van der Waals surface area contributed by atoms with Crippen LogP contribution in [0.2, 0.25) is 0 Å². The second kappa shape index (κ2) is 23.1. The summed E-state index contributed by atoms with van der Waals surface area (Å²) in [5.41, 5.74) is 6.41. The van der Waals surface area contributed by atoms with Crippen molar-refractivity contribution in [1.29, 1.82) is 0 Å². The van der Waals surface area contributed by atoms with Gasteiger partial charge < -0.3 is 49.1 Å². The van der Waals surface area contributed by atoms with Crippen LogP contribution in [0.5, 0.6) is 0 Å². The van der Waals surface area contributed by atoms with Crippen molar-refractivity contribution in [2.75, 3.05) is 77.7 Å². The molecular weight excluding hydrogens is 914 g/mol. The van der Waals surface area contributed by atoms with Crippen molar-refractivity contribution in [3.05, 3.63) is 112 Å². The van der Waals surface area contributed by atoms with Crippen molar-refractivity contribution in [3.63, 3.8) is 0 Å². The molecule has 1 unspecified atom stereocenters. The van der Waals surface area contributed by atoms with E-state index in [-0.39, 0.29) is 43.0 Å². The number of nitrogens with zero attached hydrogens (tertiary/aromatic N) is 5. The van der Waals surface area contributed by atoms with E-state index in [4.69, 9.17) is 35.3 Å². The number of aromatic amines is 1. The molecule has 21 heteroatoms. The van der Waals surface area contributed by atoms with Gasteiger partial charge in [0.25, 0.3) is 11.8 Å². The minimum atomic E-state index is -0.890. The van der Waals surface area contributed by atoms with E-state index >= 15 is 0 Å². The van der Waals surface area contributed by atoms with E-state index < -0.39 is 35.9 Å². The maximum atomic E-state index is 13.3. The molecule has 3 atom stereocenters. The zero-order valence-electron chi connectivity index (χ0n) is 38.1. The predicted molar refractivity (Wildman–Crippen MR) is 249 cm³/mol. The van der Waals surface area contributed by atoms with Crippen molar-refractivity contribution >= 4 is 63.7 Å². The van der Waals surface area contributed by atoms with E-state index in [9.17, 15) is 28.8 Å². The number of alkyl halides is 1. The molecule has 69 heavy (non-hydrogen) atoms. The maximum Gasteiger partial charge on any atom is 0.328 e. The number of anilines is 1. The predicted octanol–water partition coefficient (Wildman–Crippen LogP) is 2.88. The first-order valence-corrected chi connectivity index (χ1v) is 23.3. The van der Waals surface area contributed by atoms with Gasteiger partial charge in [0, 0.05) is 64.9 Å². The van der Waals surface area contributed by atoms with Crippen LogP contribution >= 0.6 is 11.6 Å². The lowest BCUT2D eigenvalue weighted by Gasteiger charge is -2.40. The number of imide groups is 1. The third-order valence-electron chi connectivity index (χ3n) is 12.2. The Balaban J connectivity index is 0.679. The van der Waals surface area contributed by atoms with Crippen molar-refractivity contribution in [3.8, 4) is 0 Å². The minimum Gasteiger partial charge on any atom is -0.467 e. The highest BCUT2D eigenvalue weighted by Crippen LogP contribution is 2.41. The highest BCUT2D eigenvalue weighted by molar-refractivity contribution is 6.27. The van der Waals surface area contributed by atoms with Crippen molar-refractivity contribution in [2.24, 2.45) is 0 Å². The third-order valence-corrected chi connectivity index (χ3v) is 12.5. The molecule has 20 nitrogen and oxygen atoms in total. The van der Waals surface area contributed by atoms with Crippen LogP contribution in [0.15, 0.2) is 72.9 Å². The van der Waals surface area contributed by atoms with Crippen LogP contribution in [0.3, 0.4) is 0 Å². The molecule has 1 saturated heterocycles. The molecule has 5 heterocycles. The molecule has 0 spiro atoms. The molecule has 1 fully saturated rings. The Morgan fingerprint density at radius 3 is 2.30 bits per heavy atom. The number of nitrogens with one attached hydrogen (secondary N) is 4. The monoisotopic (exact) mass is 967 g/mol. The second-order valence-corrected chi connectivity index (χ2v) is 16.8. The SMILES string of the molecule is COC(=O)[C@H]1Cc2c([nH]c3ccccc23)[C@H](c2ccc(C(=O)NCc3cn(CCOCCOCCOCCOCCNc4cccc5c4CN(C4CCC(=O)NC4=O)C5=O)nn3)cc2)N1C(=O)CCl. The van der Waals surface area contributed by atoms with Crippen LogP contribution in [0, 0.1) is 0 Å². The van der Waals surface area contributed by atoms with Gasteiger partial charge in [-0.2, -0.15) is 0 Å². The number of carbonyl (C=O) groups excluding carboxylic acids is 6. The number of benzene rings is 3. The summed E-state index contributed by atoms with van der Waals surface area (Å²) in [7, 11) is 1.30. The van der Waals surface area contributed by atoms with Gasteiger partial charge in [-0.3, -0.25) is 29.3 Å². The number of piperidine rings is 1. The van der Waals surface area contributed by atoms with Gasteiger partial charge in [0.05, 0.1) is 85.3 Å². The summed E-state index contributed by atoms with van der Waals surface area (Å²) >= 11 is 6.07. The van der Waals surface area contributed by atoms with Crippen LogP contribution in [0.25, 0.3) is 10.9 Å². The van der Waals surface area contributed by atoms with Crippen molar-refractivity contribution < 1.29 is 52.5 Å². The number of fused-ring (bicyclic) bond motifs is 4. The van der Waals surface area contributed by atoms with E-state index in [1.807, 2.05) is 30.3 Å². The highest BCUT2D eigenvalue weighted by atomic mass is 35.5. The first-order valence-electron chi connectivity index (χ1n) is 22.8. The van der Waals surface area contributed by atoms with Gasteiger partial charge in [-0.15, -0.1) is 16.7 Å². The van der Waals surface area contributed by atoms with Crippen molar-refractivity contribution in [1.82, 2.24) is 40.4 Å². The number of halogens is 1. The molecule has 3 aliphatic heterocycles. The van der Waals surface area contributed by atoms with Crippen LogP contribution in [-0.4, -0.2) is 150 Å². The average Bonchev–Trinajstić information content (AvgIpc) is 4.08. The first kappa shape index (κ1) is 48.7. The van der Waals surface area contributed by atoms with E-state index in [1.54, 1.807) is 47.3 Å². The van der Waals surface area contributed by atoms with Gasteiger partial charge in [0.2, 0.25) is 17.7 Å². The van der Waals surface area contributed by atoms with E-state index in [1.165, 1.54) is 16.9 Å². The Hall–Kier alpha value is -6.71. The number of carbonyl (C=O) groups is 6. The van der Waals surface area contributed by atoms with Gasteiger partial charge >= 0.3 is 5.97 Å². The summed E-state index contributed by atoms with van der Waals surface area (Å²) in [6, 6.07) is 17.9. The quantitative estimate of drug-likeness (QED) is 0.0319. The Kier molecular flexibility index (Phi) is 16.3. The highest BCUT2D eigenvalue weighted by Gasteiger charge is 2.44. The molecule has 5 amide bonds. The third kappa shape index (κ3) is 11.4. The lowest BCUT2D eigenvalue weighted by atomic mass is 9.87. The van der Waals surface area contributed by atoms with Gasteiger partial charge in [-0.1, -0.05) is 41.6 Å². The lowest BCUT2D eigenvalue weighted by Crippen LogP contribution is -2.52. The van der Waals surface area contributed by atoms with Crippen molar-refractivity contribution in [2.45, 2.75) is 57.0 Å². The molecule has 3 aliphatic rings. The second-order valence-electron chi connectivity index (χ2n) is 16.5. The normalized spacial score (nSPS) is 17.7. The number of hydrogen-bond donors (Lipinski definition) is 4. The number of aromatic nitrogens is 4. The molecule has 0 saturated carbocycles. The summed E-state index contributed by atoms with van der Waals surface area (Å²) in [5.74, 6) is -2.57. The smallest absolute Gasteiger partial charge is 0.328 e. The lowest BCUT2D eigenvalue weighted by molar-refractivity contribution is -0.154. The fraction of sp³-hybridized carbons (Fsp3) is 0.417. The zero-order valence-corrected chi connectivity index (χ0v) is 38.8. The summed E-state index contributed by atoms with van der Waals surface area (Å²) in [6.07, 6.45) is 2.53. The van der Waals surface area contributed by atoms with E-state index in [0.29, 0.717) is 101 Å². The van der Waals surface area contributed by atoms with Crippen LogP contribution in [0.1, 0.15) is 67.7 Å². The van der Waals surface area contributed by atoms with E-state index in [0.717, 1.165) is 33.4 Å². The summed E-state index contributed by atoms with van der Waals surface area (Å²) < 4.78 is 29.3. The zero-order chi connectivity index (χ0) is 48.3. The molecule has 2 aromatic heterocycles. The molecule has 3 aromatic carbocycles. The first-order chi connectivity index (χ1) is 33.6. The largest absolute Gasteiger partial charge is 0.467 e. The molecule has 5 aromatic rings. The molecule has 0 bridgehead atoms. The fourth-order valence-corrected chi connectivity index (χ4v) is 9.02. The van der Waals surface area contributed by atoms with Gasteiger partial charge in [0.15, 0.2) is 0 Å². The number of para-hydroxylation sites is 1. The topological polar surface area (TPSA) is 238 Å². The number of methoxy groups -OCH3 is 1. The molecule has 364 valence electrons. The number of rotatable bonds is 23. The molecule has 0 aliphatic carbocycles. The Morgan fingerprint density at radius 1 is 0.855 bits per heavy atom. The minimum absolute atomic E-state index is 0.149.